The summed E-state index contributed by atoms with van der Waals surface area (Å²) in [5.74, 6) is 1.81. The topological polar surface area (TPSA) is 91.4 Å². The maximum atomic E-state index is 14.3. The Morgan fingerprint density at radius 1 is 0.896 bits per heavy atom. The van der Waals surface area contributed by atoms with Crippen LogP contribution in [0.15, 0.2) is 48.7 Å². The Bertz CT molecular complexity index is 1440. The van der Waals surface area contributed by atoms with E-state index in [1.807, 2.05) is 37.4 Å². The van der Waals surface area contributed by atoms with Crippen LogP contribution < -0.4 is 19.5 Å². The summed E-state index contributed by atoms with van der Waals surface area (Å²) in [6.07, 6.45) is 6.55. The van der Waals surface area contributed by atoms with Crippen LogP contribution in [0.4, 0.5) is 0 Å². The van der Waals surface area contributed by atoms with E-state index in [0.717, 1.165) is 61.1 Å². The number of hydrogen-bond donors (Lipinski definition) is 1. The molecule has 1 amide bonds. The number of piperidine rings is 1. The first kappa shape index (κ1) is 36.2. The van der Waals surface area contributed by atoms with Crippen LogP contribution >= 0.6 is 23.2 Å². The summed E-state index contributed by atoms with van der Waals surface area (Å²) in [5, 5.41) is 4.41. The molecule has 0 spiro atoms. The lowest BCUT2D eigenvalue weighted by atomic mass is 9.81. The highest BCUT2D eigenvalue weighted by Crippen LogP contribution is 2.37. The predicted octanol–water partition coefficient (Wildman–Crippen LogP) is 6.64. The fraction of sp³-hybridized carbons (Fsp3) is 0.514. The number of hydrogen-bond acceptors (Lipinski definition) is 8. The largest absolute Gasteiger partial charge is 0.491 e. The van der Waals surface area contributed by atoms with Crippen molar-refractivity contribution in [3.63, 3.8) is 0 Å². The molecule has 260 valence electrons. The number of carbonyl (C=O) groups excluding carboxylic acids is 1. The zero-order chi connectivity index (χ0) is 33.9. The molecule has 2 fully saturated rings. The van der Waals surface area contributed by atoms with Crippen molar-refractivity contribution in [1.82, 2.24) is 15.2 Å². The number of nitrogens with one attached hydrogen (secondary N) is 1. The van der Waals surface area contributed by atoms with E-state index in [-0.39, 0.29) is 37.0 Å². The predicted molar refractivity (Wildman–Crippen MR) is 188 cm³/mol. The average Bonchev–Trinajstić information content (AvgIpc) is 3.92. The van der Waals surface area contributed by atoms with Gasteiger partial charge in [-0.05, 0) is 98.0 Å². The summed E-state index contributed by atoms with van der Waals surface area (Å²) >= 11 is 12.6. The van der Waals surface area contributed by atoms with Gasteiger partial charge in [-0.25, -0.2) is 4.98 Å². The lowest BCUT2D eigenvalue weighted by Gasteiger charge is -2.35. The number of benzene rings is 2. The van der Waals surface area contributed by atoms with Gasteiger partial charge in [-0.3, -0.25) is 4.79 Å². The smallest absolute Gasteiger partial charge is 0.228 e. The van der Waals surface area contributed by atoms with Gasteiger partial charge in [0.2, 0.25) is 11.8 Å². The molecule has 5 rings (SSSR count). The number of pyridine rings is 1. The number of ether oxygens (including phenoxy) is 5. The summed E-state index contributed by atoms with van der Waals surface area (Å²) < 4.78 is 28.1. The molecule has 48 heavy (non-hydrogen) atoms. The number of nitrogens with zero attached hydrogens (tertiary/aromatic N) is 2. The molecule has 2 aliphatic rings. The molecule has 2 heterocycles. The SMILES string of the molecule is COCCCc1cc(CN(C(=O)C2CNCC[C@@H]2c2ccc(OCCOc3c(Cl)cc(C)cc3Cl)nc2)C2CC2)cc(OCCOC)c1. The van der Waals surface area contributed by atoms with E-state index in [4.69, 9.17) is 46.9 Å². The number of rotatable bonds is 18. The van der Waals surface area contributed by atoms with Crippen molar-refractivity contribution < 1.29 is 28.5 Å². The second-order valence-corrected chi connectivity index (χ2v) is 13.3. The molecule has 3 aromatic rings. The number of amides is 1. The molecule has 11 heteroatoms. The van der Waals surface area contributed by atoms with Gasteiger partial charge in [0.15, 0.2) is 5.75 Å². The van der Waals surface area contributed by atoms with Crippen molar-refractivity contribution in [1.29, 1.82) is 0 Å². The van der Waals surface area contributed by atoms with Crippen molar-refractivity contribution in [2.24, 2.45) is 5.92 Å². The molecule has 1 aromatic heterocycles. The van der Waals surface area contributed by atoms with Gasteiger partial charge in [-0.15, -0.1) is 0 Å². The maximum Gasteiger partial charge on any atom is 0.228 e. The number of aromatic nitrogens is 1. The average molecular weight is 701 g/mol. The van der Waals surface area contributed by atoms with E-state index >= 15 is 0 Å². The Labute approximate surface area is 294 Å². The number of methoxy groups -OCH3 is 2. The Morgan fingerprint density at radius 2 is 1.62 bits per heavy atom. The monoisotopic (exact) mass is 699 g/mol. The third-order valence-electron chi connectivity index (χ3n) is 8.73. The molecule has 1 aliphatic heterocycles. The van der Waals surface area contributed by atoms with Crippen LogP contribution in [0.25, 0.3) is 0 Å². The molecule has 2 aromatic carbocycles. The van der Waals surface area contributed by atoms with Crippen molar-refractivity contribution in [3.05, 3.63) is 81.0 Å². The van der Waals surface area contributed by atoms with Crippen LogP contribution in [0.2, 0.25) is 10.0 Å². The van der Waals surface area contributed by atoms with E-state index in [9.17, 15) is 4.79 Å². The van der Waals surface area contributed by atoms with Gasteiger partial charge in [-0.2, -0.15) is 0 Å². The maximum absolute atomic E-state index is 14.3. The van der Waals surface area contributed by atoms with Gasteiger partial charge < -0.3 is 33.9 Å². The molecule has 2 atom stereocenters. The Hall–Kier alpha value is -3.08. The summed E-state index contributed by atoms with van der Waals surface area (Å²) in [6.45, 7) is 6.20. The second-order valence-electron chi connectivity index (χ2n) is 12.5. The lowest BCUT2D eigenvalue weighted by Crippen LogP contribution is -2.47. The Kier molecular flexibility index (Phi) is 13.6. The number of carbonyl (C=O) groups is 1. The van der Waals surface area contributed by atoms with E-state index < -0.39 is 0 Å². The Balaban J connectivity index is 1.23. The minimum absolute atomic E-state index is 0.0593. The van der Waals surface area contributed by atoms with Crippen molar-refractivity contribution in [2.45, 2.75) is 57.5 Å². The summed E-state index contributed by atoms with van der Waals surface area (Å²) in [4.78, 5) is 21.0. The molecule has 1 aliphatic carbocycles. The van der Waals surface area contributed by atoms with E-state index in [0.29, 0.717) is 54.6 Å². The van der Waals surface area contributed by atoms with Crippen LogP contribution in [0.1, 0.15) is 53.9 Å². The van der Waals surface area contributed by atoms with Gasteiger partial charge in [0, 0.05) is 52.2 Å². The van der Waals surface area contributed by atoms with E-state index in [1.165, 1.54) is 5.56 Å². The molecular formula is C37H47Cl2N3O6. The number of halogens is 2. The third kappa shape index (κ3) is 10.2. The fourth-order valence-electron chi connectivity index (χ4n) is 6.22. The minimum Gasteiger partial charge on any atom is -0.491 e. The first-order valence-electron chi connectivity index (χ1n) is 16.8. The first-order valence-corrected chi connectivity index (χ1v) is 17.5. The fourth-order valence-corrected chi connectivity index (χ4v) is 6.93. The van der Waals surface area contributed by atoms with Crippen LogP contribution in [0, 0.1) is 12.8 Å². The molecule has 1 N–H and O–H groups in total. The molecule has 1 saturated heterocycles. The van der Waals surface area contributed by atoms with Crippen LogP contribution in [-0.2, 0) is 27.2 Å². The van der Waals surface area contributed by atoms with Crippen molar-refractivity contribution >= 4 is 29.1 Å². The second kappa shape index (κ2) is 18.1. The highest BCUT2D eigenvalue weighted by molar-refractivity contribution is 6.37. The van der Waals surface area contributed by atoms with Crippen LogP contribution in [0.3, 0.4) is 0 Å². The van der Waals surface area contributed by atoms with E-state index in [2.05, 4.69) is 33.4 Å². The summed E-state index contributed by atoms with van der Waals surface area (Å²) in [5.41, 5.74) is 4.27. The van der Waals surface area contributed by atoms with Gasteiger partial charge in [0.1, 0.15) is 25.6 Å². The molecule has 1 unspecified atom stereocenters. The summed E-state index contributed by atoms with van der Waals surface area (Å²) in [7, 11) is 3.39. The van der Waals surface area contributed by atoms with E-state index in [1.54, 1.807) is 14.2 Å². The quantitative estimate of drug-likeness (QED) is 0.148. The van der Waals surface area contributed by atoms with Crippen molar-refractivity contribution in [3.8, 4) is 17.4 Å². The molecular weight excluding hydrogens is 653 g/mol. The van der Waals surface area contributed by atoms with Gasteiger partial charge in [0.25, 0.3) is 0 Å². The molecule has 0 bridgehead atoms. The molecule has 9 nitrogen and oxygen atoms in total. The third-order valence-corrected chi connectivity index (χ3v) is 9.29. The number of aryl methyl sites for hydroxylation is 2. The lowest BCUT2D eigenvalue weighted by molar-refractivity contribution is -0.138. The summed E-state index contributed by atoms with van der Waals surface area (Å²) in [6, 6.07) is 14.1. The van der Waals surface area contributed by atoms with Crippen molar-refractivity contribution in [2.75, 3.05) is 60.3 Å². The molecule has 1 saturated carbocycles. The Morgan fingerprint density at radius 3 is 2.33 bits per heavy atom. The first-order chi connectivity index (χ1) is 23.4. The van der Waals surface area contributed by atoms with Gasteiger partial charge in [-0.1, -0.05) is 35.3 Å². The minimum atomic E-state index is -0.187. The normalized spacial score (nSPS) is 17.6. The van der Waals surface area contributed by atoms with Crippen LogP contribution in [0.5, 0.6) is 17.4 Å². The highest BCUT2D eigenvalue weighted by atomic mass is 35.5. The van der Waals surface area contributed by atoms with Gasteiger partial charge in [0.05, 0.1) is 22.6 Å². The molecule has 0 radical (unpaired) electrons. The van der Waals surface area contributed by atoms with Crippen LogP contribution in [-0.4, -0.2) is 82.2 Å². The standard InChI is InChI=1S/C37H47Cl2N3O6/c1-25-17-33(38)36(34(39)18-25)48-16-15-47-35-9-6-28(22-41-35)31-10-11-40-23-32(31)37(43)42(29-7-8-29)24-27-19-26(5-4-12-44-2)20-30(21-27)46-14-13-45-3/h6,9,17-22,29,31-32,40H,4-5,7-8,10-16,23-24H2,1-3H3/t31-,32?/m1/s1. The zero-order valence-electron chi connectivity index (χ0n) is 28.1. The van der Waals surface area contributed by atoms with Gasteiger partial charge >= 0.3 is 0 Å². The zero-order valence-corrected chi connectivity index (χ0v) is 29.7. The highest BCUT2D eigenvalue weighted by Gasteiger charge is 2.40.